The van der Waals surface area contributed by atoms with Crippen molar-refractivity contribution in [1.82, 2.24) is 9.80 Å². The first-order valence-electron chi connectivity index (χ1n) is 10.9. The van der Waals surface area contributed by atoms with Crippen LogP contribution in [0.3, 0.4) is 0 Å². The van der Waals surface area contributed by atoms with Crippen LogP contribution in [0, 0.1) is 0 Å². The molecule has 0 aromatic heterocycles. The van der Waals surface area contributed by atoms with Gasteiger partial charge in [0.2, 0.25) is 11.8 Å². The lowest BCUT2D eigenvalue weighted by atomic mass is 10.3. The van der Waals surface area contributed by atoms with Crippen molar-refractivity contribution in [2.45, 2.75) is 13.8 Å². The monoisotopic (exact) mass is 468 g/mol. The topological polar surface area (TPSA) is 117 Å². The Morgan fingerprint density at radius 2 is 0.971 bits per heavy atom. The fraction of sp³-hybridized carbons (Fsp3) is 0.333. The highest BCUT2D eigenvalue weighted by molar-refractivity contribution is 5.89. The number of anilines is 2. The average molecular weight is 469 g/mol. The van der Waals surface area contributed by atoms with Crippen LogP contribution in [0.4, 0.5) is 11.4 Å². The van der Waals surface area contributed by atoms with Gasteiger partial charge in [-0.05, 0) is 48.5 Å². The second kappa shape index (κ2) is 11.7. The number of hydrogen-bond acceptors (Lipinski definition) is 6. The molecule has 1 heterocycles. The maximum Gasteiger partial charge on any atom is 0.260 e. The molecule has 10 heteroatoms. The number of piperazine rings is 1. The highest BCUT2D eigenvalue weighted by Gasteiger charge is 2.24. The number of benzene rings is 2. The number of rotatable bonds is 8. The van der Waals surface area contributed by atoms with E-state index in [2.05, 4.69) is 10.6 Å². The number of carbonyl (C=O) groups is 4. The highest BCUT2D eigenvalue weighted by Crippen LogP contribution is 2.17. The molecular weight excluding hydrogens is 440 g/mol. The van der Waals surface area contributed by atoms with E-state index < -0.39 is 0 Å². The van der Waals surface area contributed by atoms with Gasteiger partial charge in [0.05, 0.1) is 0 Å². The molecule has 34 heavy (non-hydrogen) atoms. The molecule has 2 aromatic carbocycles. The van der Waals surface area contributed by atoms with Crippen molar-refractivity contribution in [3.05, 3.63) is 48.5 Å². The van der Waals surface area contributed by atoms with Crippen LogP contribution in [-0.2, 0) is 19.2 Å². The second-order valence-electron chi connectivity index (χ2n) is 7.75. The molecule has 0 saturated carbocycles. The summed E-state index contributed by atoms with van der Waals surface area (Å²) < 4.78 is 11.1. The van der Waals surface area contributed by atoms with Crippen LogP contribution in [0.5, 0.6) is 11.5 Å². The first-order chi connectivity index (χ1) is 16.3. The molecule has 0 radical (unpaired) electrons. The van der Waals surface area contributed by atoms with Crippen molar-refractivity contribution in [1.29, 1.82) is 0 Å². The number of hydrogen-bond donors (Lipinski definition) is 2. The summed E-state index contributed by atoms with van der Waals surface area (Å²) in [7, 11) is 0. The van der Waals surface area contributed by atoms with E-state index in [1.165, 1.54) is 13.8 Å². The van der Waals surface area contributed by atoms with E-state index in [0.29, 0.717) is 49.1 Å². The molecule has 0 aliphatic carbocycles. The predicted octanol–water partition coefficient (Wildman–Crippen LogP) is 1.73. The van der Waals surface area contributed by atoms with Gasteiger partial charge in [-0.25, -0.2) is 0 Å². The van der Waals surface area contributed by atoms with Crippen molar-refractivity contribution in [3.63, 3.8) is 0 Å². The zero-order valence-corrected chi connectivity index (χ0v) is 19.2. The fourth-order valence-electron chi connectivity index (χ4n) is 3.35. The van der Waals surface area contributed by atoms with Gasteiger partial charge < -0.3 is 29.9 Å². The van der Waals surface area contributed by atoms with Gasteiger partial charge in [0, 0.05) is 51.4 Å². The lowest BCUT2D eigenvalue weighted by Crippen LogP contribution is -2.52. The Kier molecular flexibility index (Phi) is 8.44. The maximum atomic E-state index is 12.5. The van der Waals surface area contributed by atoms with Gasteiger partial charge in [-0.15, -0.1) is 0 Å². The summed E-state index contributed by atoms with van der Waals surface area (Å²) in [4.78, 5) is 50.4. The van der Waals surface area contributed by atoms with Crippen LogP contribution in [0.2, 0.25) is 0 Å². The lowest BCUT2D eigenvalue weighted by Gasteiger charge is -2.34. The Morgan fingerprint density at radius 1 is 0.647 bits per heavy atom. The summed E-state index contributed by atoms with van der Waals surface area (Å²) in [5, 5.41) is 5.33. The molecule has 0 spiro atoms. The van der Waals surface area contributed by atoms with Crippen LogP contribution in [0.25, 0.3) is 0 Å². The quantitative estimate of drug-likeness (QED) is 0.609. The number of carbonyl (C=O) groups excluding carboxylic acids is 4. The molecule has 3 rings (SSSR count). The van der Waals surface area contributed by atoms with Gasteiger partial charge >= 0.3 is 0 Å². The SMILES string of the molecule is CC(=O)Nc1ccc(OCC(=O)N2CCN(C(=O)COc3ccc(NC(C)=O)cc3)CC2)cc1. The summed E-state index contributed by atoms with van der Waals surface area (Å²) in [6.45, 7) is 4.32. The molecule has 1 aliphatic rings. The Balaban J connectivity index is 1.37. The van der Waals surface area contributed by atoms with Crippen molar-refractivity contribution >= 4 is 35.0 Å². The van der Waals surface area contributed by atoms with Crippen molar-refractivity contribution in [2.24, 2.45) is 0 Å². The average Bonchev–Trinajstić information content (AvgIpc) is 2.82. The summed E-state index contributed by atoms with van der Waals surface area (Å²) in [6, 6.07) is 13.5. The van der Waals surface area contributed by atoms with E-state index in [1.54, 1.807) is 58.3 Å². The third kappa shape index (κ3) is 7.51. The van der Waals surface area contributed by atoms with E-state index in [0.717, 1.165) is 0 Å². The normalized spacial score (nSPS) is 13.1. The summed E-state index contributed by atoms with van der Waals surface area (Å²) in [6.07, 6.45) is 0. The van der Waals surface area contributed by atoms with E-state index in [1.807, 2.05) is 0 Å². The Bertz CT molecular complexity index is 931. The highest BCUT2D eigenvalue weighted by atomic mass is 16.5. The largest absolute Gasteiger partial charge is 0.484 e. The molecule has 10 nitrogen and oxygen atoms in total. The zero-order valence-electron chi connectivity index (χ0n) is 19.2. The van der Waals surface area contributed by atoms with Gasteiger partial charge in [-0.2, -0.15) is 0 Å². The van der Waals surface area contributed by atoms with E-state index in [9.17, 15) is 19.2 Å². The van der Waals surface area contributed by atoms with Crippen LogP contribution in [0.1, 0.15) is 13.8 Å². The standard InChI is InChI=1S/C24H28N4O6/c1-17(29)25-19-3-7-21(8-4-19)33-15-23(31)27-11-13-28(14-12-27)24(32)16-34-22-9-5-20(6-10-22)26-18(2)30/h3-10H,11-16H2,1-2H3,(H,25,29)(H,26,30). The molecule has 1 aliphatic heterocycles. The summed E-state index contributed by atoms with van der Waals surface area (Å²) in [5.41, 5.74) is 1.30. The fourth-order valence-corrected chi connectivity index (χ4v) is 3.35. The minimum atomic E-state index is -0.162. The number of ether oxygens (including phenoxy) is 2. The molecule has 4 amide bonds. The zero-order chi connectivity index (χ0) is 24.5. The molecule has 0 bridgehead atoms. The maximum absolute atomic E-state index is 12.5. The summed E-state index contributed by atoms with van der Waals surface area (Å²) in [5.74, 6) is 0.412. The van der Waals surface area contributed by atoms with Gasteiger partial charge in [-0.1, -0.05) is 0 Å². The minimum absolute atomic E-state index is 0.106. The predicted molar refractivity (Wildman–Crippen MR) is 126 cm³/mol. The summed E-state index contributed by atoms with van der Waals surface area (Å²) >= 11 is 0. The molecule has 2 aromatic rings. The minimum Gasteiger partial charge on any atom is -0.484 e. The van der Waals surface area contributed by atoms with E-state index >= 15 is 0 Å². The Morgan fingerprint density at radius 3 is 1.26 bits per heavy atom. The third-order valence-electron chi connectivity index (χ3n) is 5.06. The molecule has 0 atom stereocenters. The first-order valence-corrected chi connectivity index (χ1v) is 10.9. The molecule has 180 valence electrons. The van der Waals surface area contributed by atoms with Crippen molar-refractivity contribution in [3.8, 4) is 11.5 Å². The Hall–Kier alpha value is -4.08. The number of nitrogens with one attached hydrogen (secondary N) is 2. The number of amides is 4. The van der Waals surface area contributed by atoms with Gasteiger partial charge in [-0.3, -0.25) is 19.2 Å². The molecular formula is C24H28N4O6. The lowest BCUT2D eigenvalue weighted by molar-refractivity contribution is -0.141. The Labute approximate surface area is 197 Å². The van der Waals surface area contributed by atoms with Gasteiger partial charge in [0.1, 0.15) is 11.5 Å². The smallest absolute Gasteiger partial charge is 0.260 e. The second-order valence-corrected chi connectivity index (χ2v) is 7.75. The first kappa shape index (κ1) is 24.6. The van der Waals surface area contributed by atoms with E-state index in [4.69, 9.17) is 9.47 Å². The van der Waals surface area contributed by atoms with Crippen molar-refractivity contribution < 1.29 is 28.7 Å². The van der Waals surface area contributed by atoms with Gasteiger partial charge in [0.15, 0.2) is 13.2 Å². The molecule has 0 unspecified atom stereocenters. The van der Waals surface area contributed by atoms with Gasteiger partial charge in [0.25, 0.3) is 11.8 Å². The molecule has 1 saturated heterocycles. The van der Waals surface area contributed by atoms with Crippen LogP contribution in [0.15, 0.2) is 48.5 Å². The number of nitrogens with zero attached hydrogens (tertiary/aromatic N) is 2. The van der Waals surface area contributed by atoms with E-state index in [-0.39, 0.29) is 36.8 Å². The van der Waals surface area contributed by atoms with Crippen LogP contribution >= 0.6 is 0 Å². The molecule has 2 N–H and O–H groups in total. The van der Waals surface area contributed by atoms with Crippen LogP contribution in [-0.4, -0.2) is 72.8 Å². The third-order valence-corrected chi connectivity index (χ3v) is 5.06. The van der Waals surface area contributed by atoms with Crippen LogP contribution < -0.4 is 20.1 Å². The molecule has 1 fully saturated rings. The van der Waals surface area contributed by atoms with Crippen molar-refractivity contribution in [2.75, 3.05) is 50.0 Å².